The van der Waals surface area contributed by atoms with Crippen LogP contribution in [-0.4, -0.2) is 53.5 Å². The van der Waals surface area contributed by atoms with E-state index in [9.17, 15) is 9.59 Å². The van der Waals surface area contributed by atoms with Gasteiger partial charge in [0.15, 0.2) is 0 Å². The summed E-state index contributed by atoms with van der Waals surface area (Å²) in [4.78, 5) is 26.8. The van der Waals surface area contributed by atoms with Crippen molar-refractivity contribution in [3.8, 4) is 0 Å². The lowest BCUT2D eigenvalue weighted by Gasteiger charge is -2.30. The largest absolute Gasteiger partial charge is 0.481 e. The highest BCUT2D eigenvalue weighted by atomic mass is 32.1. The van der Waals surface area contributed by atoms with Gasteiger partial charge in [-0.25, -0.2) is 0 Å². The maximum atomic E-state index is 12.1. The topological polar surface area (TPSA) is 60.9 Å². The molecule has 0 aliphatic carbocycles. The summed E-state index contributed by atoms with van der Waals surface area (Å²) in [5.74, 6) is -0.875. The fourth-order valence-corrected chi connectivity index (χ4v) is 3.05. The van der Waals surface area contributed by atoms with Crippen LogP contribution in [0.15, 0.2) is 16.8 Å². The molecular formula is C14H20N2O3S. The van der Waals surface area contributed by atoms with Crippen LogP contribution >= 0.6 is 11.3 Å². The molecular weight excluding hydrogens is 276 g/mol. The molecule has 1 N–H and O–H groups in total. The summed E-state index contributed by atoms with van der Waals surface area (Å²) in [6.07, 6.45) is 1.27. The Morgan fingerprint density at radius 3 is 2.70 bits per heavy atom. The third-order valence-electron chi connectivity index (χ3n) is 3.72. The van der Waals surface area contributed by atoms with Crippen molar-refractivity contribution >= 4 is 23.2 Å². The summed E-state index contributed by atoms with van der Waals surface area (Å²) in [5.41, 5.74) is 1.15. The van der Waals surface area contributed by atoms with Crippen molar-refractivity contribution in [1.82, 2.24) is 9.80 Å². The first-order chi connectivity index (χ1) is 9.56. The van der Waals surface area contributed by atoms with E-state index in [-0.39, 0.29) is 11.8 Å². The van der Waals surface area contributed by atoms with E-state index in [0.717, 1.165) is 5.56 Å². The molecule has 0 unspecified atom stereocenters. The number of likely N-dealkylation sites (N-methyl/N-ethyl adjacent to an activating group) is 1. The van der Waals surface area contributed by atoms with Crippen molar-refractivity contribution in [3.05, 3.63) is 22.4 Å². The number of hydrogen-bond donors (Lipinski definition) is 1. The molecule has 1 aromatic rings. The monoisotopic (exact) mass is 296 g/mol. The summed E-state index contributed by atoms with van der Waals surface area (Å²) >= 11 is 1.63. The van der Waals surface area contributed by atoms with E-state index in [1.54, 1.807) is 16.2 Å². The molecule has 110 valence electrons. The Bertz CT molecular complexity index is 453. The molecule has 2 rings (SSSR count). The molecule has 0 aromatic carbocycles. The molecule has 1 amide bonds. The standard InChI is InChI=1S/C14H20N2O3S/c1-15(8-11-4-7-20-10-11)13(17)9-16-5-2-12(3-6-16)14(18)19/h4,7,10,12H,2-3,5-6,8-9H2,1H3,(H,18,19). The lowest BCUT2D eigenvalue weighted by Crippen LogP contribution is -2.43. The van der Waals surface area contributed by atoms with E-state index in [1.807, 2.05) is 28.8 Å². The molecule has 0 radical (unpaired) electrons. The summed E-state index contributed by atoms with van der Waals surface area (Å²) in [7, 11) is 1.81. The first-order valence-corrected chi connectivity index (χ1v) is 7.70. The first-order valence-electron chi connectivity index (χ1n) is 6.76. The lowest BCUT2D eigenvalue weighted by molar-refractivity contribution is -0.143. The predicted molar refractivity (Wildman–Crippen MR) is 77.6 cm³/mol. The molecule has 5 nitrogen and oxygen atoms in total. The van der Waals surface area contributed by atoms with Crippen LogP contribution in [0.5, 0.6) is 0 Å². The molecule has 0 spiro atoms. The van der Waals surface area contributed by atoms with Crippen LogP contribution in [0, 0.1) is 5.92 Å². The normalized spacial score (nSPS) is 17.1. The Balaban J connectivity index is 1.76. The Labute approximate surface area is 122 Å². The number of piperidine rings is 1. The third kappa shape index (κ3) is 4.05. The molecule has 0 bridgehead atoms. The molecule has 1 saturated heterocycles. The van der Waals surface area contributed by atoms with Crippen LogP contribution in [0.4, 0.5) is 0 Å². The second-order valence-electron chi connectivity index (χ2n) is 5.27. The SMILES string of the molecule is CN(Cc1ccsc1)C(=O)CN1CCC(C(=O)O)CC1. The van der Waals surface area contributed by atoms with Gasteiger partial charge in [0.1, 0.15) is 0 Å². The molecule has 0 saturated carbocycles. The summed E-state index contributed by atoms with van der Waals surface area (Å²) in [6.45, 7) is 2.39. The molecule has 1 aliphatic rings. The Hall–Kier alpha value is -1.40. The zero-order valence-electron chi connectivity index (χ0n) is 11.6. The number of rotatable bonds is 5. The summed E-state index contributed by atoms with van der Waals surface area (Å²) in [5, 5.41) is 13.0. The van der Waals surface area contributed by atoms with Crippen LogP contribution in [0.25, 0.3) is 0 Å². The van der Waals surface area contributed by atoms with Crippen molar-refractivity contribution in [2.45, 2.75) is 19.4 Å². The van der Waals surface area contributed by atoms with Gasteiger partial charge in [0.2, 0.25) is 5.91 Å². The quantitative estimate of drug-likeness (QED) is 0.894. The van der Waals surface area contributed by atoms with Gasteiger partial charge in [0.05, 0.1) is 12.5 Å². The van der Waals surface area contributed by atoms with Crippen LogP contribution in [0.3, 0.4) is 0 Å². The van der Waals surface area contributed by atoms with Gasteiger partial charge in [-0.2, -0.15) is 11.3 Å². The van der Waals surface area contributed by atoms with Crippen molar-refractivity contribution < 1.29 is 14.7 Å². The van der Waals surface area contributed by atoms with E-state index in [1.165, 1.54) is 0 Å². The summed E-state index contributed by atoms with van der Waals surface area (Å²) < 4.78 is 0. The van der Waals surface area contributed by atoms with Crippen LogP contribution in [0.1, 0.15) is 18.4 Å². The first kappa shape index (κ1) is 15.0. The van der Waals surface area contributed by atoms with Gasteiger partial charge in [-0.3, -0.25) is 14.5 Å². The fourth-order valence-electron chi connectivity index (χ4n) is 2.39. The molecule has 0 atom stereocenters. The highest BCUT2D eigenvalue weighted by Crippen LogP contribution is 2.17. The highest BCUT2D eigenvalue weighted by Gasteiger charge is 2.25. The van der Waals surface area contributed by atoms with Gasteiger partial charge in [-0.15, -0.1) is 0 Å². The third-order valence-corrected chi connectivity index (χ3v) is 4.45. The van der Waals surface area contributed by atoms with E-state index in [0.29, 0.717) is 39.0 Å². The van der Waals surface area contributed by atoms with Crippen LogP contribution in [0.2, 0.25) is 0 Å². The van der Waals surface area contributed by atoms with Crippen molar-refractivity contribution in [2.24, 2.45) is 5.92 Å². The number of likely N-dealkylation sites (tertiary alicyclic amines) is 1. The summed E-state index contributed by atoms with van der Waals surface area (Å²) in [6, 6.07) is 2.02. The number of carboxylic acids is 1. The average Bonchev–Trinajstić information content (AvgIpc) is 2.92. The predicted octanol–water partition coefficient (Wildman–Crippen LogP) is 1.50. The van der Waals surface area contributed by atoms with Gasteiger partial charge in [0, 0.05) is 13.6 Å². The van der Waals surface area contributed by atoms with Crippen molar-refractivity contribution in [2.75, 3.05) is 26.7 Å². The minimum Gasteiger partial charge on any atom is -0.481 e. The van der Waals surface area contributed by atoms with Crippen molar-refractivity contribution in [1.29, 1.82) is 0 Å². The average molecular weight is 296 g/mol. The number of amides is 1. The minimum atomic E-state index is -0.717. The van der Waals surface area contributed by atoms with Crippen molar-refractivity contribution in [3.63, 3.8) is 0 Å². The van der Waals surface area contributed by atoms with Gasteiger partial charge >= 0.3 is 5.97 Å². The smallest absolute Gasteiger partial charge is 0.306 e. The second kappa shape index (κ2) is 6.85. The number of aliphatic carboxylic acids is 1. The van der Waals surface area contributed by atoms with E-state index >= 15 is 0 Å². The maximum absolute atomic E-state index is 12.1. The van der Waals surface area contributed by atoms with E-state index < -0.39 is 5.97 Å². The number of carbonyl (C=O) groups excluding carboxylic acids is 1. The van der Waals surface area contributed by atoms with Crippen LogP contribution < -0.4 is 0 Å². The highest BCUT2D eigenvalue weighted by molar-refractivity contribution is 7.07. The molecule has 6 heteroatoms. The lowest BCUT2D eigenvalue weighted by atomic mass is 9.97. The van der Waals surface area contributed by atoms with Gasteiger partial charge in [-0.05, 0) is 48.3 Å². The van der Waals surface area contributed by atoms with Crippen LogP contribution in [-0.2, 0) is 16.1 Å². The van der Waals surface area contributed by atoms with E-state index in [2.05, 4.69) is 0 Å². The Morgan fingerprint density at radius 2 is 2.15 bits per heavy atom. The number of hydrogen-bond acceptors (Lipinski definition) is 4. The second-order valence-corrected chi connectivity index (χ2v) is 6.05. The molecule has 20 heavy (non-hydrogen) atoms. The van der Waals surface area contributed by atoms with Gasteiger partial charge < -0.3 is 10.0 Å². The Morgan fingerprint density at radius 1 is 1.45 bits per heavy atom. The zero-order chi connectivity index (χ0) is 14.5. The maximum Gasteiger partial charge on any atom is 0.306 e. The molecule has 1 aromatic heterocycles. The number of carboxylic acid groups (broad SMARTS) is 1. The number of nitrogens with zero attached hydrogens (tertiary/aromatic N) is 2. The molecule has 1 fully saturated rings. The Kier molecular flexibility index (Phi) is 5.14. The molecule has 2 heterocycles. The zero-order valence-corrected chi connectivity index (χ0v) is 12.4. The van der Waals surface area contributed by atoms with E-state index in [4.69, 9.17) is 5.11 Å². The molecule has 1 aliphatic heterocycles. The van der Waals surface area contributed by atoms with Gasteiger partial charge in [-0.1, -0.05) is 0 Å². The minimum absolute atomic E-state index is 0.0879. The number of thiophene rings is 1. The van der Waals surface area contributed by atoms with Gasteiger partial charge in [0.25, 0.3) is 0 Å². The fraction of sp³-hybridized carbons (Fsp3) is 0.571. The number of carbonyl (C=O) groups is 2.